The minimum Gasteiger partial charge on any atom is -0.416 e. The van der Waals surface area contributed by atoms with Gasteiger partial charge >= 0.3 is 6.61 Å². The molecule has 0 unspecified atom stereocenters. The summed E-state index contributed by atoms with van der Waals surface area (Å²) >= 11 is 0. The van der Waals surface area contributed by atoms with Crippen LogP contribution >= 0.6 is 0 Å². The van der Waals surface area contributed by atoms with Crippen LogP contribution in [0.2, 0.25) is 0 Å². The first-order chi connectivity index (χ1) is 13.0. The van der Waals surface area contributed by atoms with Gasteiger partial charge in [0.15, 0.2) is 0 Å². The molecule has 1 aromatic carbocycles. The minimum absolute atomic E-state index is 0.0992. The number of alkyl halides is 2. The molecule has 0 aliphatic carbocycles. The second kappa shape index (κ2) is 9.56. The molecule has 0 fully saturated rings. The largest absolute Gasteiger partial charge is 0.416 e. The van der Waals surface area contributed by atoms with Gasteiger partial charge in [0.1, 0.15) is 0 Å². The fourth-order valence-electron chi connectivity index (χ4n) is 2.48. The highest BCUT2D eigenvalue weighted by Gasteiger charge is 2.14. The van der Waals surface area contributed by atoms with Crippen molar-refractivity contribution in [2.75, 3.05) is 5.73 Å². The van der Waals surface area contributed by atoms with E-state index in [1.54, 1.807) is 18.5 Å². The Morgan fingerprint density at radius 2 is 1.67 bits per heavy atom. The number of ether oxygens (including phenoxy) is 1. The molecule has 5 nitrogen and oxygen atoms in total. The number of nitrogens with zero attached hydrogens (tertiary/aromatic N) is 3. The number of hydrogen-bond donors (Lipinski definition) is 1. The second-order valence-corrected chi connectivity index (χ2v) is 5.57. The average Bonchev–Trinajstić information content (AvgIpc) is 2.66. The van der Waals surface area contributed by atoms with Crippen molar-refractivity contribution in [2.45, 2.75) is 33.8 Å². The Morgan fingerprint density at radius 3 is 2.30 bits per heavy atom. The van der Waals surface area contributed by atoms with Crippen LogP contribution in [-0.4, -0.2) is 21.6 Å². The zero-order valence-corrected chi connectivity index (χ0v) is 15.5. The quantitative estimate of drug-likeness (QED) is 0.706. The lowest BCUT2D eigenvalue weighted by Gasteiger charge is -2.12. The fourth-order valence-corrected chi connectivity index (χ4v) is 2.48. The number of nitrogen functional groups attached to an aromatic ring is 1. The molecule has 0 saturated carbocycles. The van der Waals surface area contributed by atoms with E-state index in [1.165, 1.54) is 6.20 Å². The van der Waals surface area contributed by atoms with Gasteiger partial charge < -0.3 is 10.5 Å². The standard InChI is InChI=1S/C18H16F2N4O.C2H6/c1-11-3-2-4-14(5-11)15-7-12(8-22-16(15)25-17(19)20)6-13-9-23-18(21)24-10-13;1-2/h2-5,7-10,17H,6H2,1H3,(H2,21,23,24);1-2H3. The number of pyridine rings is 1. The van der Waals surface area contributed by atoms with Gasteiger partial charge in [0.25, 0.3) is 0 Å². The number of anilines is 1. The first kappa shape index (κ1) is 20.2. The van der Waals surface area contributed by atoms with Crippen LogP contribution in [0, 0.1) is 6.92 Å². The molecule has 142 valence electrons. The summed E-state index contributed by atoms with van der Waals surface area (Å²) in [6.45, 7) is 2.99. The predicted octanol–water partition coefficient (Wildman–Crippen LogP) is 4.65. The van der Waals surface area contributed by atoms with Crippen LogP contribution in [0.5, 0.6) is 5.88 Å². The lowest BCUT2D eigenvalue weighted by molar-refractivity contribution is -0.0524. The Hall–Kier alpha value is -3.09. The van der Waals surface area contributed by atoms with Crippen molar-refractivity contribution < 1.29 is 13.5 Å². The van der Waals surface area contributed by atoms with Gasteiger partial charge in [0, 0.05) is 30.6 Å². The molecule has 27 heavy (non-hydrogen) atoms. The van der Waals surface area contributed by atoms with E-state index in [9.17, 15) is 8.78 Å². The molecular weight excluding hydrogens is 350 g/mol. The highest BCUT2D eigenvalue weighted by atomic mass is 19.3. The van der Waals surface area contributed by atoms with E-state index >= 15 is 0 Å². The Balaban J connectivity index is 0.00000126. The topological polar surface area (TPSA) is 73.9 Å². The number of nitrogens with two attached hydrogens (primary N) is 1. The highest BCUT2D eigenvalue weighted by Crippen LogP contribution is 2.31. The number of rotatable bonds is 5. The maximum atomic E-state index is 12.7. The molecule has 0 saturated heterocycles. The van der Waals surface area contributed by atoms with Gasteiger partial charge in [0.2, 0.25) is 11.8 Å². The molecule has 2 heterocycles. The van der Waals surface area contributed by atoms with Gasteiger partial charge in [0.05, 0.1) is 0 Å². The smallest absolute Gasteiger partial charge is 0.388 e. The Kier molecular flexibility index (Phi) is 7.16. The van der Waals surface area contributed by atoms with E-state index in [1.807, 2.05) is 45.0 Å². The lowest BCUT2D eigenvalue weighted by atomic mass is 10.0. The monoisotopic (exact) mass is 372 g/mol. The van der Waals surface area contributed by atoms with Crippen molar-refractivity contribution in [3.63, 3.8) is 0 Å². The van der Waals surface area contributed by atoms with Crippen molar-refractivity contribution in [3.05, 3.63) is 65.6 Å². The van der Waals surface area contributed by atoms with Crippen molar-refractivity contribution in [1.82, 2.24) is 15.0 Å². The molecule has 0 aliphatic heterocycles. The SMILES string of the molecule is CC.Cc1cccc(-c2cc(Cc3cnc(N)nc3)cnc2OC(F)F)c1. The van der Waals surface area contributed by atoms with Gasteiger partial charge in [-0.15, -0.1) is 0 Å². The molecule has 0 bridgehead atoms. The first-order valence-corrected chi connectivity index (χ1v) is 8.58. The third-order valence-electron chi connectivity index (χ3n) is 3.57. The van der Waals surface area contributed by atoms with E-state index in [4.69, 9.17) is 5.73 Å². The zero-order chi connectivity index (χ0) is 19.8. The van der Waals surface area contributed by atoms with Gasteiger partial charge in [-0.3, -0.25) is 0 Å². The van der Waals surface area contributed by atoms with Crippen LogP contribution in [0.15, 0.2) is 48.9 Å². The lowest BCUT2D eigenvalue weighted by Crippen LogP contribution is -2.06. The molecule has 0 radical (unpaired) electrons. The highest BCUT2D eigenvalue weighted by molar-refractivity contribution is 5.69. The fraction of sp³-hybridized carbons (Fsp3) is 0.250. The van der Waals surface area contributed by atoms with Crippen molar-refractivity contribution >= 4 is 5.95 Å². The normalized spacial score (nSPS) is 10.3. The van der Waals surface area contributed by atoms with Gasteiger partial charge in [-0.25, -0.2) is 15.0 Å². The number of aromatic nitrogens is 3. The summed E-state index contributed by atoms with van der Waals surface area (Å²) in [6.07, 6.45) is 5.25. The Labute approximate surface area is 157 Å². The molecule has 0 aliphatic rings. The summed E-state index contributed by atoms with van der Waals surface area (Å²) in [6, 6.07) is 9.30. The zero-order valence-electron chi connectivity index (χ0n) is 15.5. The molecule has 0 atom stereocenters. The summed E-state index contributed by atoms with van der Waals surface area (Å²) in [4.78, 5) is 12.0. The van der Waals surface area contributed by atoms with E-state index < -0.39 is 6.61 Å². The molecule has 3 rings (SSSR count). The van der Waals surface area contributed by atoms with Crippen LogP contribution in [-0.2, 0) is 6.42 Å². The molecule has 0 spiro atoms. The first-order valence-electron chi connectivity index (χ1n) is 8.58. The maximum absolute atomic E-state index is 12.7. The molecule has 0 amide bonds. The van der Waals surface area contributed by atoms with Crippen LogP contribution in [0.3, 0.4) is 0 Å². The summed E-state index contributed by atoms with van der Waals surface area (Å²) < 4.78 is 30.0. The average molecular weight is 372 g/mol. The Bertz CT molecular complexity index is 870. The van der Waals surface area contributed by atoms with E-state index in [2.05, 4.69) is 19.7 Å². The molecular formula is C20H22F2N4O. The van der Waals surface area contributed by atoms with Crippen LogP contribution in [0.25, 0.3) is 11.1 Å². The number of halogens is 2. The summed E-state index contributed by atoms with van der Waals surface area (Å²) in [5, 5.41) is 0. The van der Waals surface area contributed by atoms with Crippen LogP contribution < -0.4 is 10.5 Å². The summed E-state index contributed by atoms with van der Waals surface area (Å²) in [5.74, 6) is 0.0981. The third kappa shape index (κ3) is 5.70. The second-order valence-electron chi connectivity index (χ2n) is 5.57. The number of benzene rings is 1. The predicted molar refractivity (Wildman–Crippen MR) is 102 cm³/mol. The van der Waals surface area contributed by atoms with Crippen LogP contribution in [0.4, 0.5) is 14.7 Å². The van der Waals surface area contributed by atoms with E-state index in [-0.39, 0.29) is 11.8 Å². The van der Waals surface area contributed by atoms with Gasteiger partial charge in [-0.1, -0.05) is 43.7 Å². The van der Waals surface area contributed by atoms with Crippen molar-refractivity contribution in [3.8, 4) is 17.0 Å². The maximum Gasteiger partial charge on any atom is 0.388 e. The molecule has 3 aromatic rings. The van der Waals surface area contributed by atoms with Crippen LogP contribution in [0.1, 0.15) is 30.5 Å². The molecule has 2 N–H and O–H groups in total. The van der Waals surface area contributed by atoms with Crippen molar-refractivity contribution in [1.29, 1.82) is 0 Å². The Morgan fingerprint density at radius 1 is 1.00 bits per heavy atom. The van der Waals surface area contributed by atoms with E-state index in [0.29, 0.717) is 12.0 Å². The minimum atomic E-state index is -2.94. The summed E-state index contributed by atoms with van der Waals surface area (Å²) in [5.41, 5.74) is 9.43. The van der Waals surface area contributed by atoms with Gasteiger partial charge in [-0.2, -0.15) is 8.78 Å². The van der Waals surface area contributed by atoms with Gasteiger partial charge in [-0.05, 0) is 29.7 Å². The molecule has 7 heteroatoms. The van der Waals surface area contributed by atoms with E-state index in [0.717, 1.165) is 22.3 Å². The number of hydrogen-bond acceptors (Lipinski definition) is 5. The third-order valence-corrected chi connectivity index (χ3v) is 3.57. The molecule has 2 aromatic heterocycles. The van der Waals surface area contributed by atoms with Crippen molar-refractivity contribution in [2.24, 2.45) is 0 Å². The number of aryl methyl sites for hydroxylation is 1. The summed E-state index contributed by atoms with van der Waals surface area (Å²) in [7, 11) is 0.